The largest absolute Gasteiger partial charge is 0.493 e. The van der Waals surface area contributed by atoms with Gasteiger partial charge in [0.25, 0.3) is 0 Å². The van der Waals surface area contributed by atoms with Crippen LogP contribution in [0, 0.1) is 6.92 Å². The van der Waals surface area contributed by atoms with E-state index in [2.05, 4.69) is 10.1 Å². The molecule has 144 valence electrons. The summed E-state index contributed by atoms with van der Waals surface area (Å²) in [5, 5.41) is 2.80. The predicted molar refractivity (Wildman–Crippen MR) is 105 cm³/mol. The minimum atomic E-state index is -0.433. The van der Waals surface area contributed by atoms with Crippen molar-refractivity contribution in [2.45, 2.75) is 13.3 Å². The first-order valence-electron chi connectivity index (χ1n) is 8.85. The highest BCUT2D eigenvalue weighted by Gasteiger charge is 2.10. The minimum absolute atomic E-state index is 0.140. The first-order chi connectivity index (χ1) is 13.0. The molecule has 0 atom stereocenters. The highest BCUT2D eigenvalue weighted by Crippen LogP contribution is 2.16. The van der Waals surface area contributed by atoms with Gasteiger partial charge in [0, 0.05) is 12.2 Å². The number of nitrogens with one attached hydrogen (secondary N) is 1. The number of rotatable bonds is 9. The van der Waals surface area contributed by atoms with Crippen LogP contribution in [0.15, 0.2) is 48.5 Å². The van der Waals surface area contributed by atoms with Crippen LogP contribution < -0.4 is 10.1 Å². The van der Waals surface area contributed by atoms with E-state index in [4.69, 9.17) is 4.74 Å². The number of hydrogen-bond acceptors (Lipinski definition) is 5. The number of methoxy groups -OCH3 is 1. The summed E-state index contributed by atoms with van der Waals surface area (Å²) in [5.41, 5.74) is 2.08. The van der Waals surface area contributed by atoms with Crippen molar-refractivity contribution in [3.05, 3.63) is 59.7 Å². The molecule has 2 aromatic rings. The van der Waals surface area contributed by atoms with Gasteiger partial charge in [0.15, 0.2) is 0 Å². The van der Waals surface area contributed by atoms with Gasteiger partial charge in [0.1, 0.15) is 5.75 Å². The summed E-state index contributed by atoms with van der Waals surface area (Å²) in [6, 6.07) is 14.6. The molecule has 6 nitrogen and oxygen atoms in total. The number of amides is 1. The summed E-state index contributed by atoms with van der Waals surface area (Å²) < 4.78 is 10.4. The molecule has 0 heterocycles. The van der Waals surface area contributed by atoms with E-state index < -0.39 is 5.97 Å². The van der Waals surface area contributed by atoms with E-state index in [1.54, 1.807) is 24.3 Å². The van der Waals surface area contributed by atoms with Crippen LogP contribution >= 0.6 is 0 Å². The summed E-state index contributed by atoms with van der Waals surface area (Å²) in [6.45, 7) is 3.60. The molecule has 6 heteroatoms. The van der Waals surface area contributed by atoms with Crippen LogP contribution in [0.25, 0.3) is 0 Å². The van der Waals surface area contributed by atoms with Gasteiger partial charge in [-0.25, -0.2) is 4.79 Å². The number of carbonyl (C=O) groups excluding carboxylic acids is 2. The summed E-state index contributed by atoms with van der Waals surface area (Å²) in [4.78, 5) is 25.6. The summed E-state index contributed by atoms with van der Waals surface area (Å²) in [7, 11) is 3.21. The molecule has 0 aliphatic rings. The molecule has 0 bridgehead atoms. The Kier molecular flexibility index (Phi) is 7.82. The molecule has 0 fully saturated rings. The molecule has 2 rings (SSSR count). The Labute approximate surface area is 160 Å². The highest BCUT2D eigenvalue weighted by atomic mass is 16.5. The third-order valence-electron chi connectivity index (χ3n) is 4.02. The molecule has 1 N–H and O–H groups in total. The van der Waals surface area contributed by atoms with Gasteiger partial charge in [-0.1, -0.05) is 24.3 Å². The van der Waals surface area contributed by atoms with Gasteiger partial charge < -0.3 is 14.8 Å². The second-order valence-corrected chi connectivity index (χ2v) is 6.33. The Morgan fingerprint density at radius 3 is 2.63 bits per heavy atom. The lowest BCUT2D eigenvalue weighted by atomic mass is 10.2. The minimum Gasteiger partial charge on any atom is -0.493 e. The number of ether oxygens (including phenoxy) is 2. The highest BCUT2D eigenvalue weighted by molar-refractivity contribution is 5.95. The van der Waals surface area contributed by atoms with Gasteiger partial charge in [-0.2, -0.15) is 0 Å². The summed E-state index contributed by atoms with van der Waals surface area (Å²) in [5.74, 6) is 0.319. The Morgan fingerprint density at radius 2 is 1.89 bits per heavy atom. The van der Waals surface area contributed by atoms with Gasteiger partial charge in [-0.05, 0) is 50.2 Å². The second kappa shape index (κ2) is 10.3. The molecule has 0 aromatic heterocycles. The van der Waals surface area contributed by atoms with Crippen molar-refractivity contribution in [1.29, 1.82) is 0 Å². The average molecular weight is 370 g/mol. The number of para-hydroxylation sites is 1. The first kappa shape index (κ1) is 20.5. The van der Waals surface area contributed by atoms with Crippen molar-refractivity contribution < 1.29 is 19.1 Å². The van der Waals surface area contributed by atoms with Crippen LogP contribution in [0.2, 0.25) is 0 Å². The normalized spacial score (nSPS) is 10.5. The summed E-state index contributed by atoms with van der Waals surface area (Å²) >= 11 is 0. The van der Waals surface area contributed by atoms with Gasteiger partial charge in [0.2, 0.25) is 5.91 Å². The molecule has 0 radical (unpaired) electrons. The van der Waals surface area contributed by atoms with E-state index in [0.717, 1.165) is 24.3 Å². The molecule has 2 aromatic carbocycles. The van der Waals surface area contributed by atoms with Crippen LogP contribution in [-0.4, -0.2) is 50.6 Å². The van der Waals surface area contributed by atoms with Crippen molar-refractivity contribution in [3.8, 4) is 5.75 Å². The van der Waals surface area contributed by atoms with Crippen LogP contribution in [-0.2, 0) is 9.53 Å². The van der Waals surface area contributed by atoms with Gasteiger partial charge in [0.05, 0.1) is 25.8 Å². The smallest absolute Gasteiger partial charge is 0.337 e. The first-order valence-corrected chi connectivity index (χ1v) is 8.85. The van der Waals surface area contributed by atoms with E-state index in [0.29, 0.717) is 17.9 Å². The molecule has 0 aliphatic carbocycles. The number of nitrogens with zero attached hydrogens (tertiary/aromatic N) is 1. The van der Waals surface area contributed by atoms with Crippen molar-refractivity contribution in [2.24, 2.45) is 0 Å². The maximum atomic E-state index is 12.2. The fraction of sp³-hybridized carbons (Fsp3) is 0.333. The Bertz CT molecular complexity index is 776. The lowest BCUT2D eigenvalue weighted by molar-refractivity contribution is -0.117. The van der Waals surface area contributed by atoms with Gasteiger partial charge >= 0.3 is 5.97 Å². The Morgan fingerprint density at radius 1 is 1.11 bits per heavy atom. The molecule has 0 spiro atoms. The third-order valence-corrected chi connectivity index (χ3v) is 4.02. The molecule has 0 unspecified atom stereocenters. The van der Waals surface area contributed by atoms with Crippen molar-refractivity contribution in [2.75, 3.05) is 39.2 Å². The van der Waals surface area contributed by atoms with E-state index in [9.17, 15) is 9.59 Å². The predicted octanol–water partition coefficient (Wildman–Crippen LogP) is 3.12. The van der Waals surface area contributed by atoms with Crippen molar-refractivity contribution in [3.63, 3.8) is 0 Å². The van der Waals surface area contributed by atoms with Crippen LogP contribution in [0.1, 0.15) is 22.3 Å². The number of esters is 1. The summed E-state index contributed by atoms with van der Waals surface area (Å²) in [6.07, 6.45) is 0.815. The number of anilines is 1. The van der Waals surface area contributed by atoms with Crippen molar-refractivity contribution >= 4 is 17.6 Å². The SMILES string of the molecule is COC(=O)c1cccc(NC(=O)CN(C)CCCOc2ccccc2C)c1. The molecule has 0 saturated carbocycles. The third kappa shape index (κ3) is 6.75. The van der Waals surface area contributed by atoms with E-state index in [-0.39, 0.29) is 12.5 Å². The standard InChI is InChI=1S/C21H26N2O4/c1-16-8-4-5-11-19(16)27-13-7-12-23(2)15-20(24)22-18-10-6-9-17(14-18)21(25)26-3/h4-6,8-11,14H,7,12-13,15H2,1-3H3,(H,22,24). The zero-order chi connectivity index (χ0) is 19.6. The lowest BCUT2D eigenvalue weighted by Crippen LogP contribution is -2.31. The quantitative estimate of drug-likeness (QED) is 0.543. The molecule has 0 saturated heterocycles. The van der Waals surface area contributed by atoms with E-state index >= 15 is 0 Å². The molecule has 0 aliphatic heterocycles. The van der Waals surface area contributed by atoms with Gasteiger partial charge in [-0.3, -0.25) is 9.69 Å². The molecule has 27 heavy (non-hydrogen) atoms. The van der Waals surface area contributed by atoms with Crippen LogP contribution in [0.5, 0.6) is 5.75 Å². The Balaban J connectivity index is 1.72. The fourth-order valence-electron chi connectivity index (χ4n) is 2.60. The van der Waals surface area contributed by atoms with Crippen LogP contribution in [0.4, 0.5) is 5.69 Å². The van der Waals surface area contributed by atoms with Gasteiger partial charge in [-0.15, -0.1) is 0 Å². The van der Waals surface area contributed by atoms with Crippen molar-refractivity contribution in [1.82, 2.24) is 4.90 Å². The lowest BCUT2D eigenvalue weighted by Gasteiger charge is -2.17. The number of hydrogen-bond donors (Lipinski definition) is 1. The average Bonchev–Trinajstić information content (AvgIpc) is 2.66. The number of aryl methyl sites for hydroxylation is 1. The molecular formula is C21H26N2O4. The second-order valence-electron chi connectivity index (χ2n) is 6.33. The van der Waals surface area contributed by atoms with E-state index in [1.807, 2.05) is 43.1 Å². The zero-order valence-electron chi connectivity index (χ0n) is 16.0. The molecule has 1 amide bonds. The monoisotopic (exact) mass is 370 g/mol. The number of carbonyl (C=O) groups is 2. The molecular weight excluding hydrogens is 344 g/mol. The van der Waals surface area contributed by atoms with Crippen LogP contribution in [0.3, 0.4) is 0 Å². The number of likely N-dealkylation sites (N-methyl/N-ethyl adjacent to an activating group) is 1. The van der Waals surface area contributed by atoms with E-state index in [1.165, 1.54) is 7.11 Å². The maximum Gasteiger partial charge on any atom is 0.337 e. The topological polar surface area (TPSA) is 67.9 Å². The zero-order valence-corrected chi connectivity index (χ0v) is 16.0. The maximum absolute atomic E-state index is 12.2. The fourth-order valence-corrected chi connectivity index (χ4v) is 2.60. The number of benzene rings is 2. The Hall–Kier alpha value is -2.86.